The molecule has 0 aliphatic carbocycles. The Bertz CT molecular complexity index is 1950. The third-order valence-corrected chi connectivity index (χ3v) is 8.75. The molecule has 2 unspecified atom stereocenters. The SMILES string of the molecule is NC(=O)c1ncnc2c1ncn2[C@@H]1O[C@H](COP(=O)(O)O[C@@H]2[C@H](O)[C@@H](CO)O[C@H]2n2cnc3c(=O)[nH]c(N)nc32)[C@@H](O[PH](=O)O)[C@H]1O. The number of hydrogen-bond acceptors (Lipinski definition) is 18. The quantitative estimate of drug-likeness (QED) is 0.0699. The molecular formula is C21H26N10O14P2. The van der Waals surface area contributed by atoms with Crippen LogP contribution in [0.4, 0.5) is 5.95 Å². The van der Waals surface area contributed by atoms with Crippen LogP contribution in [0.3, 0.4) is 0 Å². The molecule has 0 radical (unpaired) electrons. The van der Waals surface area contributed by atoms with Gasteiger partial charge in [0.2, 0.25) is 5.95 Å². The third-order valence-electron chi connectivity index (χ3n) is 7.29. The molecule has 0 spiro atoms. The van der Waals surface area contributed by atoms with Crippen molar-refractivity contribution in [3.63, 3.8) is 0 Å². The van der Waals surface area contributed by atoms with Gasteiger partial charge in [-0.1, -0.05) is 0 Å². The van der Waals surface area contributed by atoms with E-state index in [2.05, 4.69) is 29.9 Å². The van der Waals surface area contributed by atoms with E-state index in [0.29, 0.717) is 0 Å². The average molecular weight is 704 g/mol. The monoisotopic (exact) mass is 704 g/mol. The highest BCUT2D eigenvalue weighted by atomic mass is 31.2. The number of aromatic amines is 1. The lowest BCUT2D eigenvalue weighted by atomic mass is 10.1. The second-order valence-electron chi connectivity index (χ2n) is 10.2. The summed E-state index contributed by atoms with van der Waals surface area (Å²) < 4.78 is 53.7. The lowest BCUT2D eigenvalue weighted by molar-refractivity contribution is -0.0609. The fourth-order valence-electron chi connectivity index (χ4n) is 5.25. The molecule has 26 heteroatoms. The van der Waals surface area contributed by atoms with Crippen LogP contribution in [0.2, 0.25) is 0 Å². The number of nitrogens with two attached hydrogens (primary N) is 2. The Balaban J connectivity index is 1.23. The van der Waals surface area contributed by atoms with E-state index in [1.165, 1.54) is 0 Å². The smallest absolute Gasteiger partial charge is 0.394 e. The second kappa shape index (κ2) is 12.7. The molecule has 0 saturated carbocycles. The summed E-state index contributed by atoms with van der Waals surface area (Å²) in [6, 6.07) is 0. The number of aromatic nitrogens is 8. The van der Waals surface area contributed by atoms with Gasteiger partial charge in [0.1, 0.15) is 48.5 Å². The van der Waals surface area contributed by atoms with Crippen LogP contribution in [-0.4, -0.2) is 120 Å². The van der Waals surface area contributed by atoms with Crippen LogP contribution in [-0.2, 0) is 32.2 Å². The number of nitrogen functional groups attached to an aromatic ring is 1. The number of fused-ring (bicyclic) bond motifs is 2. The van der Waals surface area contributed by atoms with E-state index < -0.39 is 89.8 Å². The number of aliphatic hydroxyl groups excluding tert-OH is 3. The van der Waals surface area contributed by atoms with E-state index in [0.717, 1.165) is 28.1 Å². The number of imidazole rings is 2. The van der Waals surface area contributed by atoms with Crippen molar-refractivity contribution in [1.29, 1.82) is 0 Å². The standard InChI is InChI=1S/C21H26N10O14P2/c22-15(35)8-9-16(25-3-24-8)30(4-26-9)19-12(34)13(44-46(37)38)7(43-19)2-41-47(39,40)45-14-11(33)6(1-32)42-20(14)31-5-27-10-17(31)28-21(23)29-18(10)36/h3-7,11-14,19-20,32-34,46H,1-2H2,(H2,22,35)(H,37,38)(H,39,40)(H3,23,28,29,36)/t6-,7-,11-,12-,13-,14-,19-,20-/m1/s1. The largest absolute Gasteiger partial charge is 0.472 e. The molecule has 2 aliphatic rings. The van der Waals surface area contributed by atoms with Crippen molar-refractivity contribution >= 4 is 50.3 Å². The minimum atomic E-state index is -5.21. The lowest BCUT2D eigenvalue weighted by Crippen LogP contribution is -2.36. The van der Waals surface area contributed by atoms with E-state index in [1.54, 1.807) is 0 Å². The maximum atomic E-state index is 13.2. The Labute approximate surface area is 260 Å². The number of phosphoric acid groups is 1. The Hall–Kier alpha value is -3.77. The van der Waals surface area contributed by atoms with Gasteiger partial charge in [-0.25, -0.2) is 24.5 Å². The fraction of sp³-hybridized carbons (Fsp3) is 0.476. The van der Waals surface area contributed by atoms with Crippen molar-refractivity contribution in [3.8, 4) is 0 Å². The third kappa shape index (κ3) is 6.17. The number of phosphoric ester groups is 1. The Morgan fingerprint density at radius 2 is 1.72 bits per heavy atom. The van der Waals surface area contributed by atoms with Gasteiger partial charge in [0.15, 0.2) is 35.0 Å². The zero-order valence-corrected chi connectivity index (χ0v) is 25.3. The summed E-state index contributed by atoms with van der Waals surface area (Å²) >= 11 is 0. The van der Waals surface area contributed by atoms with Crippen LogP contribution >= 0.6 is 16.1 Å². The maximum absolute atomic E-state index is 13.2. The molecule has 10 N–H and O–H groups in total. The van der Waals surface area contributed by atoms with Crippen molar-refractivity contribution in [3.05, 3.63) is 35.0 Å². The molecule has 0 aromatic carbocycles. The number of hydrogen-bond donors (Lipinski definition) is 8. The van der Waals surface area contributed by atoms with Gasteiger partial charge in [-0.15, -0.1) is 0 Å². The zero-order valence-electron chi connectivity index (χ0n) is 23.4. The highest BCUT2D eigenvalue weighted by Gasteiger charge is 2.51. The average Bonchev–Trinajstić information content (AvgIpc) is 3.76. The molecule has 24 nitrogen and oxygen atoms in total. The van der Waals surface area contributed by atoms with Crippen LogP contribution in [0, 0.1) is 0 Å². The number of nitrogens with zero attached hydrogens (tertiary/aromatic N) is 7. The predicted molar refractivity (Wildman–Crippen MR) is 150 cm³/mol. The van der Waals surface area contributed by atoms with Gasteiger partial charge < -0.3 is 50.6 Å². The molecule has 6 heterocycles. The number of rotatable bonds is 11. The maximum Gasteiger partial charge on any atom is 0.472 e. The first-order valence-corrected chi connectivity index (χ1v) is 16.1. The van der Waals surface area contributed by atoms with Gasteiger partial charge in [-0.3, -0.25) is 37.3 Å². The molecule has 4 aromatic heterocycles. The van der Waals surface area contributed by atoms with E-state index in [4.69, 9.17) is 34.5 Å². The molecule has 254 valence electrons. The normalized spacial score (nSPS) is 29.8. The summed E-state index contributed by atoms with van der Waals surface area (Å²) in [5, 5.41) is 31.5. The molecule has 2 fully saturated rings. The van der Waals surface area contributed by atoms with E-state index in [9.17, 15) is 43.8 Å². The van der Waals surface area contributed by atoms with Crippen molar-refractivity contribution in [1.82, 2.24) is 39.0 Å². The molecule has 4 aromatic rings. The minimum absolute atomic E-state index is 0.0176. The van der Waals surface area contributed by atoms with Crippen LogP contribution in [0.1, 0.15) is 22.9 Å². The number of nitrogens with one attached hydrogen (secondary N) is 1. The fourth-order valence-corrected chi connectivity index (χ4v) is 6.71. The van der Waals surface area contributed by atoms with E-state index in [-0.39, 0.29) is 34.0 Å². The molecular weight excluding hydrogens is 678 g/mol. The second-order valence-corrected chi connectivity index (χ2v) is 12.3. The highest BCUT2D eigenvalue weighted by molar-refractivity contribution is 7.47. The van der Waals surface area contributed by atoms with Crippen LogP contribution in [0.5, 0.6) is 0 Å². The van der Waals surface area contributed by atoms with Gasteiger partial charge in [0.05, 0.1) is 25.9 Å². The summed E-state index contributed by atoms with van der Waals surface area (Å²) in [5.41, 5.74) is 9.63. The molecule has 47 heavy (non-hydrogen) atoms. The zero-order chi connectivity index (χ0) is 33.8. The Morgan fingerprint density at radius 1 is 1.04 bits per heavy atom. The molecule has 10 atom stereocenters. The predicted octanol–water partition coefficient (Wildman–Crippen LogP) is -3.58. The first-order valence-electron chi connectivity index (χ1n) is 13.3. The van der Waals surface area contributed by atoms with Crippen molar-refractivity contribution < 1.29 is 62.1 Å². The molecule has 2 saturated heterocycles. The first-order chi connectivity index (χ1) is 22.3. The number of ether oxygens (including phenoxy) is 2. The Kier molecular flexibility index (Phi) is 8.94. The summed E-state index contributed by atoms with van der Waals surface area (Å²) in [6.45, 7) is -1.64. The van der Waals surface area contributed by atoms with Crippen LogP contribution < -0.4 is 17.0 Å². The minimum Gasteiger partial charge on any atom is -0.394 e. The van der Waals surface area contributed by atoms with Crippen LogP contribution in [0.25, 0.3) is 22.3 Å². The number of primary amides is 1. The number of carbonyl (C=O) groups excluding carboxylic acids is 1. The van der Waals surface area contributed by atoms with Gasteiger partial charge >= 0.3 is 16.1 Å². The van der Waals surface area contributed by atoms with Gasteiger partial charge in [0, 0.05) is 0 Å². The summed E-state index contributed by atoms with van der Waals surface area (Å²) in [7, 11) is -8.93. The lowest BCUT2D eigenvalue weighted by Gasteiger charge is -2.25. The first kappa shape index (κ1) is 33.1. The van der Waals surface area contributed by atoms with E-state index >= 15 is 0 Å². The number of aliphatic hydroxyl groups is 3. The molecule has 6 rings (SSSR count). The summed E-state index contributed by atoms with van der Waals surface area (Å²) in [6.07, 6.45) is -9.35. The van der Waals surface area contributed by atoms with Gasteiger partial charge in [-0.2, -0.15) is 4.98 Å². The van der Waals surface area contributed by atoms with Crippen LogP contribution in [0.15, 0.2) is 23.8 Å². The van der Waals surface area contributed by atoms with Crippen molar-refractivity contribution in [2.24, 2.45) is 5.73 Å². The molecule has 0 bridgehead atoms. The molecule has 1 amide bonds. The van der Waals surface area contributed by atoms with E-state index in [1.807, 2.05) is 0 Å². The number of anilines is 1. The topological polar surface area (TPSA) is 358 Å². The summed E-state index contributed by atoms with van der Waals surface area (Å²) in [5.74, 6) is -1.21. The van der Waals surface area contributed by atoms with Gasteiger partial charge in [-0.05, 0) is 0 Å². The van der Waals surface area contributed by atoms with Gasteiger partial charge in [0.25, 0.3) is 11.5 Å². The van der Waals surface area contributed by atoms with Crippen molar-refractivity contribution in [2.75, 3.05) is 18.9 Å². The number of H-pyrrole nitrogens is 1. The van der Waals surface area contributed by atoms with Crippen molar-refractivity contribution in [2.45, 2.75) is 49.1 Å². The number of amides is 1. The number of carbonyl (C=O) groups is 1. The summed E-state index contributed by atoms with van der Waals surface area (Å²) in [4.78, 5) is 66.1. The molecule has 2 aliphatic heterocycles. The Morgan fingerprint density at radius 3 is 2.40 bits per heavy atom. The highest BCUT2D eigenvalue weighted by Crippen LogP contribution is 2.50.